The molecule has 0 unspecified atom stereocenters. The minimum atomic E-state index is -0.155. The third-order valence-corrected chi connectivity index (χ3v) is 5.64. The van der Waals surface area contributed by atoms with Gasteiger partial charge < -0.3 is 14.6 Å². The van der Waals surface area contributed by atoms with Gasteiger partial charge in [0.2, 0.25) is 5.91 Å². The fourth-order valence-electron chi connectivity index (χ4n) is 4.04. The SMILES string of the molecule is CC(C)CC(=O)N1CCC[C@H](c2nnc(CN3CCC(O)CC3)n2C)C1. The van der Waals surface area contributed by atoms with Crippen LogP contribution in [0.15, 0.2) is 0 Å². The van der Waals surface area contributed by atoms with Crippen molar-refractivity contribution in [1.82, 2.24) is 24.6 Å². The highest BCUT2D eigenvalue weighted by Crippen LogP contribution is 2.27. The average molecular weight is 364 g/mol. The lowest BCUT2D eigenvalue weighted by Gasteiger charge is -2.33. The summed E-state index contributed by atoms with van der Waals surface area (Å²) in [6.07, 6.45) is 4.23. The third kappa shape index (κ3) is 4.62. The van der Waals surface area contributed by atoms with E-state index in [0.717, 1.165) is 70.1 Å². The zero-order valence-electron chi connectivity index (χ0n) is 16.4. The van der Waals surface area contributed by atoms with E-state index in [1.165, 1.54) is 0 Å². The molecule has 2 aliphatic heterocycles. The number of aromatic nitrogens is 3. The molecule has 26 heavy (non-hydrogen) atoms. The fraction of sp³-hybridized carbons (Fsp3) is 0.842. The Balaban J connectivity index is 1.62. The van der Waals surface area contributed by atoms with Crippen molar-refractivity contribution in [3.05, 3.63) is 11.6 Å². The maximum atomic E-state index is 12.4. The van der Waals surface area contributed by atoms with Crippen LogP contribution in [0, 0.1) is 5.92 Å². The molecule has 1 N–H and O–H groups in total. The van der Waals surface area contributed by atoms with Gasteiger partial charge in [0.05, 0.1) is 12.6 Å². The van der Waals surface area contributed by atoms with Crippen molar-refractivity contribution in [3.63, 3.8) is 0 Å². The normalized spacial score (nSPS) is 23.0. The standard InChI is InChI=1S/C19H33N5O2/c1-14(2)11-18(26)24-8-4-5-15(12-24)19-21-20-17(22(19)3)13-23-9-6-16(25)7-10-23/h14-16,25H,4-13H2,1-3H3/t15-/m0/s1. The molecule has 0 aliphatic carbocycles. The molecule has 3 rings (SSSR count). The van der Waals surface area contributed by atoms with Gasteiger partial charge in [0.15, 0.2) is 0 Å². The predicted octanol–water partition coefficient (Wildman–Crippen LogP) is 1.52. The van der Waals surface area contributed by atoms with Crippen LogP contribution in [-0.2, 0) is 18.4 Å². The molecule has 2 fully saturated rings. The Morgan fingerprint density at radius 3 is 2.62 bits per heavy atom. The summed E-state index contributed by atoms with van der Waals surface area (Å²) in [6, 6.07) is 0. The number of aliphatic hydroxyl groups is 1. The first-order valence-electron chi connectivity index (χ1n) is 10.0. The monoisotopic (exact) mass is 363 g/mol. The van der Waals surface area contributed by atoms with Crippen LogP contribution in [0.1, 0.15) is 63.5 Å². The zero-order chi connectivity index (χ0) is 18.7. The molecule has 0 bridgehead atoms. The molecular formula is C19H33N5O2. The van der Waals surface area contributed by atoms with Crippen molar-refractivity contribution in [2.24, 2.45) is 13.0 Å². The number of aliphatic hydroxyl groups excluding tert-OH is 1. The van der Waals surface area contributed by atoms with Gasteiger partial charge in [0, 0.05) is 45.6 Å². The second-order valence-electron chi connectivity index (χ2n) is 8.32. The second kappa shape index (κ2) is 8.48. The first-order chi connectivity index (χ1) is 12.4. The highest BCUT2D eigenvalue weighted by molar-refractivity contribution is 5.76. The van der Waals surface area contributed by atoms with E-state index in [9.17, 15) is 9.90 Å². The van der Waals surface area contributed by atoms with Crippen LogP contribution in [0.5, 0.6) is 0 Å². The van der Waals surface area contributed by atoms with Crippen LogP contribution >= 0.6 is 0 Å². The summed E-state index contributed by atoms with van der Waals surface area (Å²) in [5, 5.41) is 18.6. The van der Waals surface area contributed by atoms with Gasteiger partial charge in [0.25, 0.3) is 0 Å². The molecule has 7 heteroatoms. The van der Waals surface area contributed by atoms with Gasteiger partial charge in [0.1, 0.15) is 11.6 Å². The average Bonchev–Trinajstić information content (AvgIpc) is 2.97. The van der Waals surface area contributed by atoms with Crippen molar-refractivity contribution in [2.75, 3.05) is 26.2 Å². The molecule has 1 aromatic heterocycles. The summed E-state index contributed by atoms with van der Waals surface area (Å²) in [5.41, 5.74) is 0. The maximum Gasteiger partial charge on any atom is 0.222 e. The maximum absolute atomic E-state index is 12.4. The molecule has 0 saturated carbocycles. The van der Waals surface area contributed by atoms with Gasteiger partial charge in [-0.1, -0.05) is 13.8 Å². The van der Waals surface area contributed by atoms with E-state index >= 15 is 0 Å². The lowest BCUT2D eigenvalue weighted by atomic mass is 9.96. The van der Waals surface area contributed by atoms with Crippen LogP contribution in [0.2, 0.25) is 0 Å². The van der Waals surface area contributed by atoms with Gasteiger partial charge in [-0.05, 0) is 31.6 Å². The summed E-state index contributed by atoms with van der Waals surface area (Å²) in [7, 11) is 2.04. The van der Waals surface area contributed by atoms with Gasteiger partial charge in [-0.15, -0.1) is 10.2 Å². The number of nitrogens with zero attached hydrogens (tertiary/aromatic N) is 5. The van der Waals surface area contributed by atoms with Crippen molar-refractivity contribution in [3.8, 4) is 0 Å². The Kier molecular flexibility index (Phi) is 6.29. The molecule has 7 nitrogen and oxygen atoms in total. The number of piperidine rings is 2. The van der Waals surface area contributed by atoms with Crippen LogP contribution in [0.25, 0.3) is 0 Å². The molecule has 1 amide bonds. The van der Waals surface area contributed by atoms with Crippen LogP contribution < -0.4 is 0 Å². The second-order valence-corrected chi connectivity index (χ2v) is 8.32. The highest BCUT2D eigenvalue weighted by atomic mass is 16.3. The Hall–Kier alpha value is -1.47. The lowest BCUT2D eigenvalue weighted by Crippen LogP contribution is -2.40. The summed E-state index contributed by atoms with van der Waals surface area (Å²) in [5.74, 6) is 2.90. The summed E-state index contributed by atoms with van der Waals surface area (Å²) < 4.78 is 2.12. The molecule has 0 spiro atoms. The molecule has 2 saturated heterocycles. The van der Waals surface area contributed by atoms with E-state index < -0.39 is 0 Å². The molecular weight excluding hydrogens is 330 g/mol. The number of rotatable bonds is 5. The third-order valence-electron chi connectivity index (χ3n) is 5.64. The summed E-state index contributed by atoms with van der Waals surface area (Å²) in [6.45, 7) is 8.39. The highest BCUT2D eigenvalue weighted by Gasteiger charge is 2.29. The smallest absolute Gasteiger partial charge is 0.222 e. The topological polar surface area (TPSA) is 74.5 Å². The Labute approximate surface area is 156 Å². The quantitative estimate of drug-likeness (QED) is 0.859. The lowest BCUT2D eigenvalue weighted by molar-refractivity contribution is -0.133. The molecule has 3 heterocycles. The van der Waals surface area contributed by atoms with Gasteiger partial charge in [-0.2, -0.15) is 0 Å². The Bertz CT molecular complexity index is 607. The first kappa shape index (κ1) is 19.3. The van der Waals surface area contributed by atoms with E-state index in [2.05, 4.69) is 33.5 Å². The molecule has 2 aliphatic rings. The Morgan fingerprint density at radius 2 is 1.92 bits per heavy atom. The molecule has 146 valence electrons. The minimum absolute atomic E-state index is 0.155. The first-order valence-corrected chi connectivity index (χ1v) is 10.0. The van der Waals surface area contributed by atoms with Gasteiger partial charge in [-0.25, -0.2) is 0 Å². The zero-order valence-corrected chi connectivity index (χ0v) is 16.4. The van der Waals surface area contributed by atoms with Crippen molar-refractivity contribution in [2.45, 2.75) is 64.5 Å². The number of likely N-dealkylation sites (tertiary alicyclic amines) is 2. The molecule has 0 aromatic carbocycles. The molecule has 0 radical (unpaired) electrons. The predicted molar refractivity (Wildman–Crippen MR) is 99.5 cm³/mol. The number of hydrogen-bond donors (Lipinski definition) is 1. The van der Waals surface area contributed by atoms with Crippen LogP contribution in [0.4, 0.5) is 0 Å². The van der Waals surface area contributed by atoms with Crippen LogP contribution in [-0.4, -0.2) is 67.9 Å². The number of carbonyl (C=O) groups is 1. The van der Waals surface area contributed by atoms with E-state index in [-0.39, 0.29) is 17.9 Å². The Morgan fingerprint density at radius 1 is 1.19 bits per heavy atom. The van der Waals surface area contributed by atoms with Gasteiger partial charge >= 0.3 is 0 Å². The fourth-order valence-corrected chi connectivity index (χ4v) is 4.04. The largest absolute Gasteiger partial charge is 0.393 e. The van der Waals surface area contributed by atoms with E-state index in [0.29, 0.717) is 12.3 Å². The van der Waals surface area contributed by atoms with Crippen molar-refractivity contribution < 1.29 is 9.90 Å². The summed E-state index contributed by atoms with van der Waals surface area (Å²) >= 11 is 0. The van der Waals surface area contributed by atoms with Crippen molar-refractivity contribution >= 4 is 5.91 Å². The van der Waals surface area contributed by atoms with E-state index in [1.54, 1.807) is 0 Å². The molecule has 1 aromatic rings. The number of amides is 1. The summed E-state index contributed by atoms with van der Waals surface area (Å²) in [4.78, 5) is 16.8. The van der Waals surface area contributed by atoms with Crippen LogP contribution in [0.3, 0.4) is 0 Å². The van der Waals surface area contributed by atoms with E-state index in [4.69, 9.17) is 0 Å². The van der Waals surface area contributed by atoms with E-state index in [1.807, 2.05) is 11.9 Å². The molecule has 1 atom stereocenters. The number of hydrogen-bond acceptors (Lipinski definition) is 5. The minimum Gasteiger partial charge on any atom is -0.393 e. The van der Waals surface area contributed by atoms with Gasteiger partial charge in [-0.3, -0.25) is 9.69 Å². The number of carbonyl (C=O) groups excluding carboxylic acids is 1. The van der Waals surface area contributed by atoms with Crippen molar-refractivity contribution in [1.29, 1.82) is 0 Å².